The lowest BCUT2D eigenvalue weighted by atomic mass is 10.2. The molecule has 2 aromatic rings. The first-order valence-electron chi connectivity index (χ1n) is 8.45. The number of nitrogens with zero attached hydrogens (tertiary/aromatic N) is 5. The van der Waals surface area contributed by atoms with Crippen LogP contribution in [0.1, 0.15) is 25.8 Å². The number of halogens is 1. The maximum Gasteiger partial charge on any atom is 0.191 e. The maximum atomic E-state index is 10.7. The van der Waals surface area contributed by atoms with E-state index in [2.05, 4.69) is 27.2 Å². The van der Waals surface area contributed by atoms with Crippen molar-refractivity contribution in [1.82, 2.24) is 25.0 Å². The zero-order chi connectivity index (χ0) is 18.7. The fourth-order valence-corrected chi connectivity index (χ4v) is 4.06. The fourth-order valence-electron chi connectivity index (χ4n) is 3.11. The molecule has 1 saturated carbocycles. The van der Waals surface area contributed by atoms with Gasteiger partial charge in [-0.1, -0.05) is 35.5 Å². The zero-order valence-electron chi connectivity index (χ0n) is 14.6. The Labute approximate surface area is 160 Å². The van der Waals surface area contributed by atoms with Crippen LogP contribution in [0.3, 0.4) is 0 Å². The number of thioether (sulfide) groups is 1. The predicted octanol–water partition coefficient (Wildman–Crippen LogP) is 1.07. The summed E-state index contributed by atoms with van der Waals surface area (Å²) in [7, 11) is 1.52. The Kier molecular flexibility index (Phi) is 6.65. The number of rotatable bonds is 8. The van der Waals surface area contributed by atoms with Crippen molar-refractivity contribution in [2.45, 2.75) is 49.3 Å². The third-order valence-electron chi connectivity index (χ3n) is 4.28. The van der Waals surface area contributed by atoms with Gasteiger partial charge in [0.2, 0.25) is 0 Å². The summed E-state index contributed by atoms with van der Waals surface area (Å²) >= 11 is 7.74. The van der Waals surface area contributed by atoms with Gasteiger partial charge in [-0.15, -0.1) is 5.10 Å². The lowest BCUT2D eigenvalue weighted by molar-refractivity contribution is -0.0817. The van der Waals surface area contributed by atoms with Gasteiger partial charge in [0.05, 0.1) is 25.4 Å². The van der Waals surface area contributed by atoms with E-state index < -0.39 is 18.2 Å². The Morgan fingerprint density at radius 1 is 1.38 bits per heavy atom. The number of aromatic nitrogens is 5. The van der Waals surface area contributed by atoms with Gasteiger partial charge >= 0.3 is 0 Å². The molecule has 11 heteroatoms. The molecule has 4 atom stereocenters. The van der Waals surface area contributed by atoms with E-state index in [1.807, 2.05) is 0 Å². The molecule has 4 unspecified atom stereocenters. The summed E-state index contributed by atoms with van der Waals surface area (Å²) in [5, 5.41) is 28.7. The van der Waals surface area contributed by atoms with E-state index in [4.69, 9.17) is 26.2 Å². The average Bonchev–Trinajstić information content (AvgIpc) is 3.19. The number of aliphatic hydroxyl groups excluding tert-OH is 2. The van der Waals surface area contributed by atoms with Crippen molar-refractivity contribution >= 4 is 34.5 Å². The molecule has 0 bridgehead atoms. The normalized spacial score (nSPS) is 26.0. The summed E-state index contributed by atoms with van der Waals surface area (Å²) in [6.07, 6.45) is -0.303. The molecular formula is C15H22ClN5O4S. The third kappa shape index (κ3) is 3.80. The van der Waals surface area contributed by atoms with Gasteiger partial charge in [0.1, 0.15) is 12.2 Å². The van der Waals surface area contributed by atoms with Gasteiger partial charge in [0, 0.05) is 19.3 Å². The molecule has 0 aliphatic heterocycles. The van der Waals surface area contributed by atoms with Crippen LogP contribution in [-0.4, -0.2) is 79.6 Å². The number of ether oxygens (including phenoxy) is 2. The van der Waals surface area contributed by atoms with Gasteiger partial charge in [0.25, 0.3) is 0 Å². The van der Waals surface area contributed by atoms with Gasteiger partial charge < -0.3 is 19.7 Å². The molecule has 1 aliphatic rings. The van der Waals surface area contributed by atoms with E-state index >= 15 is 0 Å². The van der Waals surface area contributed by atoms with Crippen LogP contribution in [0.4, 0.5) is 0 Å². The molecule has 144 valence electrons. The molecule has 0 aromatic carbocycles. The first-order valence-corrected chi connectivity index (χ1v) is 9.81. The molecule has 2 heterocycles. The molecule has 0 radical (unpaired) electrons. The second-order valence-electron chi connectivity index (χ2n) is 5.98. The number of hydrogen-bond donors (Lipinski definition) is 2. The number of hydrogen-bond acceptors (Lipinski definition) is 9. The van der Waals surface area contributed by atoms with Crippen LogP contribution in [0.5, 0.6) is 0 Å². The summed E-state index contributed by atoms with van der Waals surface area (Å²) in [5.41, 5.74) is 0.874. The highest BCUT2D eigenvalue weighted by Crippen LogP contribution is 2.36. The predicted molar refractivity (Wildman–Crippen MR) is 96.4 cm³/mol. The highest BCUT2D eigenvalue weighted by molar-refractivity contribution is 7.99. The first-order chi connectivity index (χ1) is 12.6. The lowest BCUT2D eigenvalue weighted by Gasteiger charge is -2.21. The summed E-state index contributed by atoms with van der Waals surface area (Å²) in [5.74, 6) is 0.873. The Hall–Kier alpha value is -1.04. The highest BCUT2D eigenvalue weighted by atomic mass is 35.5. The molecular weight excluding hydrogens is 382 g/mol. The number of aliphatic hydroxyl groups is 2. The molecule has 2 aromatic heterocycles. The fraction of sp³-hybridized carbons (Fsp3) is 0.733. The SMILES string of the molecule is CCCSc1nc(Cl)c2nnn(C3CC(OCCO)C(OC)C3O)c2n1. The van der Waals surface area contributed by atoms with E-state index in [0.717, 1.165) is 12.2 Å². The van der Waals surface area contributed by atoms with Crippen LogP contribution < -0.4 is 0 Å². The first kappa shape index (κ1) is 19.7. The largest absolute Gasteiger partial charge is 0.394 e. The molecule has 0 amide bonds. The number of fused-ring (bicyclic) bond motifs is 1. The smallest absolute Gasteiger partial charge is 0.191 e. The highest BCUT2D eigenvalue weighted by Gasteiger charge is 2.45. The van der Waals surface area contributed by atoms with Crippen molar-refractivity contribution in [1.29, 1.82) is 0 Å². The number of methoxy groups -OCH3 is 1. The van der Waals surface area contributed by atoms with Crippen LogP contribution in [0, 0.1) is 0 Å². The Balaban J connectivity index is 1.92. The summed E-state index contributed by atoms with van der Waals surface area (Å²) < 4.78 is 12.6. The van der Waals surface area contributed by atoms with Gasteiger partial charge in [-0.05, 0) is 6.42 Å². The van der Waals surface area contributed by atoms with Gasteiger partial charge in [0.15, 0.2) is 21.5 Å². The molecule has 3 rings (SSSR count). The summed E-state index contributed by atoms with van der Waals surface area (Å²) in [6.45, 7) is 2.15. The van der Waals surface area contributed by atoms with Gasteiger partial charge in [-0.2, -0.15) is 0 Å². The Bertz CT molecular complexity index is 748. The average molecular weight is 404 g/mol. The second kappa shape index (κ2) is 8.77. The summed E-state index contributed by atoms with van der Waals surface area (Å²) in [6, 6.07) is -0.427. The zero-order valence-corrected chi connectivity index (χ0v) is 16.2. The van der Waals surface area contributed by atoms with Crippen LogP contribution in [-0.2, 0) is 9.47 Å². The van der Waals surface area contributed by atoms with Gasteiger partial charge in [-0.25, -0.2) is 14.6 Å². The van der Waals surface area contributed by atoms with Crippen molar-refractivity contribution in [2.75, 3.05) is 26.1 Å². The van der Waals surface area contributed by atoms with E-state index in [9.17, 15) is 5.11 Å². The quantitative estimate of drug-likeness (QED) is 0.379. The van der Waals surface area contributed by atoms with Crippen molar-refractivity contribution in [3.8, 4) is 0 Å². The van der Waals surface area contributed by atoms with Gasteiger partial charge in [-0.3, -0.25) is 0 Å². The minimum atomic E-state index is -0.853. The van der Waals surface area contributed by atoms with Crippen molar-refractivity contribution < 1.29 is 19.7 Å². The monoisotopic (exact) mass is 403 g/mol. The van der Waals surface area contributed by atoms with E-state index in [1.165, 1.54) is 18.9 Å². The molecule has 0 spiro atoms. The van der Waals surface area contributed by atoms with Crippen LogP contribution in [0.2, 0.25) is 5.15 Å². The Morgan fingerprint density at radius 3 is 2.88 bits per heavy atom. The molecule has 9 nitrogen and oxygen atoms in total. The lowest BCUT2D eigenvalue weighted by Crippen LogP contribution is -2.35. The molecule has 2 N–H and O–H groups in total. The second-order valence-corrected chi connectivity index (χ2v) is 7.40. The van der Waals surface area contributed by atoms with Crippen LogP contribution in [0.15, 0.2) is 5.16 Å². The molecule has 1 fully saturated rings. The summed E-state index contributed by atoms with van der Waals surface area (Å²) in [4.78, 5) is 8.77. The minimum absolute atomic E-state index is 0.0964. The van der Waals surface area contributed by atoms with Crippen molar-refractivity contribution in [3.63, 3.8) is 0 Å². The van der Waals surface area contributed by atoms with Crippen LogP contribution in [0.25, 0.3) is 11.2 Å². The standard InChI is InChI=1S/C15H22ClN5O4S/c1-3-6-26-15-17-13(16)10-14(18-15)21(20-19-10)8-7-9(25-5-4-22)12(24-2)11(8)23/h8-9,11-12,22-23H,3-7H2,1-2H3. The van der Waals surface area contributed by atoms with E-state index in [0.29, 0.717) is 22.7 Å². The van der Waals surface area contributed by atoms with Crippen LogP contribution >= 0.6 is 23.4 Å². The van der Waals surface area contributed by atoms with Crippen molar-refractivity contribution in [3.05, 3.63) is 5.15 Å². The van der Waals surface area contributed by atoms with E-state index in [1.54, 1.807) is 4.68 Å². The Morgan fingerprint density at radius 2 is 2.19 bits per heavy atom. The van der Waals surface area contributed by atoms with E-state index in [-0.39, 0.29) is 24.5 Å². The minimum Gasteiger partial charge on any atom is -0.394 e. The molecule has 1 aliphatic carbocycles. The molecule has 26 heavy (non-hydrogen) atoms. The third-order valence-corrected chi connectivity index (χ3v) is 5.59. The maximum absolute atomic E-state index is 10.7. The molecule has 0 saturated heterocycles. The topological polar surface area (TPSA) is 115 Å². The van der Waals surface area contributed by atoms with Crippen molar-refractivity contribution in [2.24, 2.45) is 0 Å².